The lowest BCUT2D eigenvalue weighted by Gasteiger charge is -2.15. The van der Waals surface area contributed by atoms with Gasteiger partial charge in [0.1, 0.15) is 13.2 Å². The molecule has 0 amide bonds. The summed E-state index contributed by atoms with van der Waals surface area (Å²) in [4.78, 5) is 12.0. The van der Waals surface area contributed by atoms with E-state index in [0.29, 0.717) is 63.1 Å². The van der Waals surface area contributed by atoms with Gasteiger partial charge in [-0.3, -0.25) is 4.79 Å². The Morgan fingerprint density at radius 1 is 0.952 bits per heavy atom. The molecule has 0 atom stereocenters. The average molecular weight is 294 g/mol. The maximum atomic E-state index is 12.0. The van der Waals surface area contributed by atoms with Gasteiger partial charge in [-0.25, -0.2) is 0 Å². The summed E-state index contributed by atoms with van der Waals surface area (Å²) in [5.41, 5.74) is 0.656. The molecule has 0 aromatic heterocycles. The molecule has 5 heteroatoms. The van der Waals surface area contributed by atoms with Crippen LogP contribution in [-0.2, 0) is 9.47 Å². The van der Waals surface area contributed by atoms with E-state index in [9.17, 15) is 4.79 Å². The summed E-state index contributed by atoms with van der Waals surface area (Å²) in [7, 11) is 0. The summed E-state index contributed by atoms with van der Waals surface area (Å²) in [5, 5.41) is 0. The van der Waals surface area contributed by atoms with Crippen molar-refractivity contribution >= 4 is 5.78 Å². The van der Waals surface area contributed by atoms with Gasteiger partial charge in [0, 0.05) is 12.0 Å². The molecule has 0 unspecified atom stereocenters. The first-order chi connectivity index (χ1) is 10.3. The molecule has 0 aliphatic carbocycles. The number of benzene rings is 1. The Hall–Kier alpha value is -1.59. The number of carbonyl (C=O) groups excluding carboxylic acids is 1. The van der Waals surface area contributed by atoms with Crippen LogP contribution in [-0.4, -0.2) is 45.4 Å². The zero-order chi connectivity index (χ0) is 14.9. The number of ketones is 1. The topological polar surface area (TPSA) is 54.0 Å². The number of carbonyl (C=O) groups is 1. The largest absolute Gasteiger partial charge is 0.487 e. The minimum absolute atomic E-state index is 0.120. The van der Waals surface area contributed by atoms with E-state index in [-0.39, 0.29) is 5.78 Å². The summed E-state index contributed by atoms with van der Waals surface area (Å²) in [6, 6.07) is 5.31. The number of ether oxygens (including phenoxy) is 4. The number of Topliss-reactive ketones (excluding diaryl/α,β-unsaturated/α-hetero) is 1. The van der Waals surface area contributed by atoms with E-state index in [0.717, 1.165) is 6.42 Å². The molecule has 2 rings (SSSR count). The predicted octanol–water partition coefficient (Wildman–Crippen LogP) is 2.47. The Bertz CT molecular complexity index is 458. The van der Waals surface area contributed by atoms with Crippen molar-refractivity contribution in [2.45, 2.75) is 19.8 Å². The van der Waals surface area contributed by atoms with Crippen LogP contribution < -0.4 is 9.47 Å². The van der Waals surface area contributed by atoms with Crippen molar-refractivity contribution in [3.05, 3.63) is 23.8 Å². The molecule has 116 valence electrons. The normalized spacial score (nSPS) is 16.6. The third kappa shape index (κ3) is 5.02. The maximum Gasteiger partial charge on any atom is 0.163 e. The van der Waals surface area contributed by atoms with Crippen LogP contribution in [0.1, 0.15) is 30.1 Å². The molecule has 0 saturated heterocycles. The van der Waals surface area contributed by atoms with Crippen molar-refractivity contribution in [1.29, 1.82) is 0 Å². The smallest absolute Gasteiger partial charge is 0.163 e. The summed E-state index contributed by atoms with van der Waals surface area (Å²) in [6.45, 7) is 4.93. The Morgan fingerprint density at radius 3 is 2.24 bits per heavy atom. The van der Waals surface area contributed by atoms with Crippen molar-refractivity contribution < 1.29 is 23.7 Å². The third-order valence-corrected chi connectivity index (χ3v) is 3.09. The second-order valence-electron chi connectivity index (χ2n) is 4.76. The van der Waals surface area contributed by atoms with Gasteiger partial charge >= 0.3 is 0 Å². The molecule has 1 aromatic rings. The van der Waals surface area contributed by atoms with E-state index in [2.05, 4.69) is 0 Å². The highest BCUT2D eigenvalue weighted by Crippen LogP contribution is 2.29. The molecule has 5 nitrogen and oxygen atoms in total. The first-order valence-corrected chi connectivity index (χ1v) is 7.39. The van der Waals surface area contributed by atoms with Gasteiger partial charge in [0.05, 0.1) is 26.4 Å². The molecule has 1 heterocycles. The predicted molar refractivity (Wildman–Crippen MR) is 78.3 cm³/mol. The SMILES string of the molecule is CCCC(=O)c1ccc2c(c1)OCCOCCOCCO2. The molecule has 1 aromatic carbocycles. The van der Waals surface area contributed by atoms with Crippen LogP contribution in [0.5, 0.6) is 11.5 Å². The zero-order valence-corrected chi connectivity index (χ0v) is 12.4. The summed E-state index contributed by atoms with van der Waals surface area (Å²) in [6.07, 6.45) is 1.37. The van der Waals surface area contributed by atoms with Gasteiger partial charge in [-0.15, -0.1) is 0 Å². The van der Waals surface area contributed by atoms with Crippen LogP contribution in [0.25, 0.3) is 0 Å². The zero-order valence-electron chi connectivity index (χ0n) is 12.4. The van der Waals surface area contributed by atoms with E-state index in [1.807, 2.05) is 6.92 Å². The minimum atomic E-state index is 0.120. The van der Waals surface area contributed by atoms with E-state index in [1.54, 1.807) is 18.2 Å². The lowest BCUT2D eigenvalue weighted by molar-refractivity contribution is 0.0223. The van der Waals surface area contributed by atoms with Gasteiger partial charge in [-0.2, -0.15) is 0 Å². The van der Waals surface area contributed by atoms with Crippen LogP contribution >= 0.6 is 0 Å². The van der Waals surface area contributed by atoms with Gasteiger partial charge in [0.15, 0.2) is 17.3 Å². The highest BCUT2D eigenvalue weighted by Gasteiger charge is 2.12. The van der Waals surface area contributed by atoms with Gasteiger partial charge in [0.25, 0.3) is 0 Å². The van der Waals surface area contributed by atoms with Gasteiger partial charge in [0.2, 0.25) is 0 Å². The Morgan fingerprint density at radius 2 is 1.57 bits per heavy atom. The maximum absolute atomic E-state index is 12.0. The molecule has 0 saturated carbocycles. The fourth-order valence-electron chi connectivity index (χ4n) is 2.03. The first-order valence-electron chi connectivity index (χ1n) is 7.39. The van der Waals surface area contributed by atoms with Crippen LogP contribution in [0, 0.1) is 0 Å². The highest BCUT2D eigenvalue weighted by molar-refractivity contribution is 5.96. The van der Waals surface area contributed by atoms with Gasteiger partial charge in [-0.05, 0) is 24.6 Å². The summed E-state index contributed by atoms with van der Waals surface area (Å²) < 4.78 is 22.1. The van der Waals surface area contributed by atoms with E-state index >= 15 is 0 Å². The number of hydrogen-bond donors (Lipinski definition) is 0. The second kappa shape index (κ2) is 8.64. The van der Waals surface area contributed by atoms with Crippen molar-refractivity contribution in [3.63, 3.8) is 0 Å². The van der Waals surface area contributed by atoms with Crippen molar-refractivity contribution in [2.75, 3.05) is 39.6 Å². The van der Waals surface area contributed by atoms with Crippen LogP contribution in [0.2, 0.25) is 0 Å². The minimum Gasteiger partial charge on any atom is -0.487 e. The standard InChI is InChI=1S/C16H22O5/c1-2-3-14(17)13-4-5-15-16(12-13)21-11-9-19-7-6-18-8-10-20-15/h4-5,12H,2-3,6-11H2,1H3. The molecule has 0 N–H and O–H groups in total. The fourth-order valence-corrected chi connectivity index (χ4v) is 2.03. The van der Waals surface area contributed by atoms with E-state index in [4.69, 9.17) is 18.9 Å². The Labute approximate surface area is 125 Å². The second-order valence-corrected chi connectivity index (χ2v) is 4.76. The molecular formula is C16H22O5. The molecular weight excluding hydrogens is 272 g/mol. The number of rotatable bonds is 3. The van der Waals surface area contributed by atoms with Crippen molar-refractivity contribution in [2.24, 2.45) is 0 Å². The first kappa shape index (κ1) is 15.8. The van der Waals surface area contributed by atoms with Crippen LogP contribution in [0.4, 0.5) is 0 Å². The molecule has 0 bridgehead atoms. The van der Waals surface area contributed by atoms with E-state index in [1.165, 1.54) is 0 Å². The summed E-state index contributed by atoms with van der Waals surface area (Å²) >= 11 is 0. The molecule has 0 radical (unpaired) electrons. The number of hydrogen-bond acceptors (Lipinski definition) is 5. The van der Waals surface area contributed by atoms with Crippen molar-refractivity contribution in [1.82, 2.24) is 0 Å². The molecule has 0 fully saturated rings. The summed E-state index contributed by atoms with van der Waals surface area (Å²) in [5.74, 6) is 1.34. The number of fused-ring (bicyclic) bond motifs is 1. The fraction of sp³-hybridized carbons (Fsp3) is 0.562. The highest BCUT2D eigenvalue weighted by atomic mass is 16.6. The van der Waals surface area contributed by atoms with Gasteiger partial charge < -0.3 is 18.9 Å². The third-order valence-electron chi connectivity index (χ3n) is 3.09. The van der Waals surface area contributed by atoms with Crippen molar-refractivity contribution in [3.8, 4) is 11.5 Å². The Balaban J connectivity index is 2.11. The molecule has 0 spiro atoms. The molecule has 21 heavy (non-hydrogen) atoms. The lowest BCUT2D eigenvalue weighted by atomic mass is 10.1. The molecule has 1 aliphatic rings. The lowest BCUT2D eigenvalue weighted by Crippen LogP contribution is -2.16. The van der Waals surface area contributed by atoms with E-state index < -0.39 is 0 Å². The average Bonchev–Trinajstić information content (AvgIpc) is 2.48. The quantitative estimate of drug-likeness (QED) is 0.802. The van der Waals surface area contributed by atoms with Crippen LogP contribution in [0.15, 0.2) is 18.2 Å². The molecule has 1 aliphatic heterocycles. The Kier molecular flexibility index (Phi) is 6.50. The monoisotopic (exact) mass is 294 g/mol. The van der Waals surface area contributed by atoms with Gasteiger partial charge in [-0.1, -0.05) is 6.92 Å². The van der Waals surface area contributed by atoms with Crippen LogP contribution in [0.3, 0.4) is 0 Å².